The Kier molecular flexibility index (Phi) is 8.54. The second kappa shape index (κ2) is 10.7. The van der Waals surface area contributed by atoms with Crippen LogP contribution in [-0.4, -0.2) is 69.5 Å². The zero-order valence-electron chi connectivity index (χ0n) is 24.3. The van der Waals surface area contributed by atoms with Gasteiger partial charge in [-0.1, -0.05) is 48.1 Å². The van der Waals surface area contributed by atoms with Crippen molar-refractivity contribution in [2.45, 2.75) is 159 Å². The van der Waals surface area contributed by atoms with Crippen LogP contribution in [0.4, 0.5) is 0 Å². The number of hydrogen-bond donors (Lipinski definition) is 0. The molecule has 0 amide bonds. The molecule has 7 heteroatoms. The molecule has 6 nitrogen and oxygen atoms in total. The molecule has 4 heterocycles. The molecule has 0 radical (unpaired) electrons. The maximum absolute atomic E-state index is 6.84. The third kappa shape index (κ3) is 5.54. The molecule has 0 bridgehead atoms. The van der Waals surface area contributed by atoms with Gasteiger partial charge in [-0.15, -0.1) is 0 Å². The van der Waals surface area contributed by atoms with Gasteiger partial charge in [0.15, 0.2) is 14.1 Å². The van der Waals surface area contributed by atoms with Gasteiger partial charge in [0.2, 0.25) is 0 Å². The molecule has 0 aromatic heterocycles. The van der Waals surface area contributed by atoms with Gasteiger partial charge >= 0.3 is 0 Å². The van der Waals surface area contributed by atoms with Gasteiger partial charge < -0.3 is 28.1 Å². The van der Waals surface area contributed by atoms with E-state index in [1.54, 1.807) is 0 Å². The van der Waals surface area contributed by atoms with E-state index in [0.29, 0.717) is 23.2 Å². The lowest BCUT2D eigenvalue weighted by atomic mass is 9.79. The van der Waals surface area contributed by atoms with Gasteiger partial charge in [0.1, 0.15) is 6.10 Å². The van der Waals surface area contributed by atoms with E-state index >= 15 is 0 Å². The number of hydrogen-bond acceptors (Lipinski definition) is 6. The molecule has 0 aromatic carbocycles. The molecule has 0 aliphatic carbocycles. The second-order valence-electron chi connectivity index (χ2n) is 13.3. The quantitative estimate of drug-likeness (QED) is 0.279. The average molecular weight is 525 g/mol. The first-order chi connectivity index (χ1) is 16.8. The lowest BCUT2D eigenvalue weighted by Crippen LogP contribution is -2.60. The van der Waals surface area contributed by atoms with Crippen molar-refractivity contribution in [2.24, 2.45) is 0 Å². The van der Waals surface area contributed by atoms with Gasteiger partial charge in [-0.2, -0.15) is 0 Å². The molecule has 4 aliphatic rings. The number of rotatable bonds is 7. The fraction of sp³-hybridized carbons (Fsp3) is 0.931. The Balaban J connectivity index is 1.40. The molecule has 0 aromatic rings. The van der Waals surface area contributed by atoms with Crippen molar-refractivity contribution in [2.75, 3.05) is 13.2 Å². The van der Waals surface area contributed by atoms with Crippen LogP contribution in [0.25, 0.3) is 0 Å². The van der Waals surface area contributed by atoms with Crippen molar-refractivity contribution in [3.63, 3.8) is 0 Å². The number of fused-ring (bicyclic) bond motifs is 3. The summed E-state index contributed by atoms with van der Waals surface area (Å²) in [6.07, 6.45) is 4.39. The molecule has 7 atom stereocenters. The van der Waals surface area contributed by atoms with Crippen LogP contribution in [0, 0.1) is 0 Å². The van der Waals surface area contributed by atoms with Crippen molar-refractivity contribution in [3.05, 3.63) is 12.2 Å². The SMILES string of the molecule is C=C1C[C@]2(C)O[C@@H]3CC[C@@H]4OC(C)(C)OC[C@H]4O[C@H]3C[C@H]2O[C@H]1CCO[Si](C(C)C)(C(C)C)C(C)C. The van der Waals surface area contributed by atoms with Crippen molar-refractivity contribution >= 4 is 8.32 Å². The van der Waals surface area contributed by atoms with Crippen LogP contribution in [0.15, 0.2) is 12.2 Å². The minimum Gasteiger partial charge on any atom is -0.416 e. The molecule has 0 spiro atoms. The maximum atomic E-state index is 6.84. The molecular weight excluding hydrogens is 472 g/mol. The number of ether oxygens (including phenoxy) is 5. The zero-order valence-corrected chi connectivity index (χ0v) is 25.3. The summed E-state index contributed by atoms with van der Waals surface area (Å²) < 4.78 is 39.0. The summed E-state index contributed by atoms with van der Waals surface area (Å²) in [7, 11) is -1.89. The molecule has 4 fully saturated rings. The highest BCUT2D eigenvalue weighted by Crippen LogP contribution is 2.46. The van der Waals surface area contributed by atoms with E-state index in [2.05, 4.69) is 55.0 Å². The van der Waals surface area contributed by atoms with Gasteiger partial charge in [-0.05, 0) is 62.2 Å². The van der Waals surface area contributed by atoms with Crippen molar-refractivity contribution in [3.8, 4) is 0 Å². The Morgan fingerprint density at radius 3 is 2.11 bits per heavy atom. The molecule has 208 valence electrons. The topological polar surface area (TPSA) is 55.4 Å². The average Bonchev–Trinajstić information content (AvgIpc) is 2.92. The van der Waals surface area contributed by atoms with Crippen LogP contribution in [0.5, 0.6) is 0 Å². The van der Waals surface area contributed by atoms with Gasteiger partial charge in [-0.25, -0.2) is 0 Å². The maximum Gasteiger partial charge on any atom is 0.200 e. The lowest BCUT2D eigenvalue weighted by molar-refractivity contribution is -0.320. The minimum absolute atomic E-state index is 0.00193. The first-order valence-electron chi connectivity index (χ1n) is 14.4. The Hall–Kier alpha value is -0.283. The van der Waals surface area contributed by atoms with Crippen LogP contribution in [-0.2, 0) is 28.1 Å². The van der Waals surface area contributed by atoms with Gasteiger partial charge in [0, 0.05) is 19.4 Å². The highest BCUT2D eigenvalue weighted by atomic mass is 28.4. The van der Waals surface area contributed by atoms with Crippen LogP contribution in [0.2, 0.25) is 16.6 Å². The predicted molar refractivity (Wildman–Crippen MR) is 145 cm³/mol. The largest absolute Gasteiger partial charge is 0.416 e. The van der Waals surface area contributed by atoms with E-state index in [4.69, 9.17) is 28.1 Å². The second-order valence-corrected chi connectivity index (χ2v) is 18.7. The summed E-state index contributed by atoms with van der Waals surface area (Å²) in [6, 6.07) is 0. The van der Waals surface area contributed by atoms with Crippen LogP contribution in [0.3, 0.4) is 0 Å². The molecule has 36 heavy (non-hydrogen) atoms. The van der Waals surface area contributed by atoms with E-state index in [0.717, 1.165) is 44.3 Å². The zero-order chi connectivity index (χ0) is 26.5. The highest BCUT2D eigenvalue weighted by Gasteiger charge is 2.54. The Labute approximate surface area is 220 Å². The van der Waals surface area contributed by atoms with Gasteiger partial charge in [0.25, 0.3) is 0 Å². The summed E-state index contributed by atoms with van der Waals surface area (Å²) in [5.74, 6) is -0.557. The first kappa shape index (κ1) is 28.7. The van der Waals surface area contributed by atoms with E-state index < -0.39 is 14.1 Å². The first-order valence-corrected chi connectivity index (χ1v) is 16.5. The fourth-order valence-electron chi connectivity index (χ4n) is 7.62. The molecule has 4 rings (SSSR count). The van der Waals surface area contributed by atoms with Crippen molar-refractivity contribution in [1.29, 1.82) is 0 Å². The highest BCUT2D eigenvalue weighted by molar-refractivity contribution is 6.77. The third-order valence-corrected chi connectivity index (χ3v) is 15.4. The Morgan fingerprint density at radius 2 is 1.50 bits per heavy atom. The normalized spacial score (nSPS) is 39.1. The van der Waals surface area contributed by atoms with Crippen molar-refractivity contribution < 1.29 is 28.1 Å². The van der Waals surface area contributed by atoms with E-state index in [9.17, 15) is 0 Å². The van der Waals surface area contributed by atoms with E-state index in [1.165, 1.54) is 0 Å². The summed E-state index contributed by atoms with van der Waals surface area (Å²) in [5.41, 5.74) is 2.50. The smallest absolute Gasteiger partial charge is 0.200 e. The Morgan fingerprint density at radius 1 is 0.889 bits per heavy atom. The minimum atomic E-state index is -1.89. The predicted octanol–water partition coefficient (Wildman–Crippen LogP) is 6.53. The fourth-order valence-corrected chi connectivity index (χ4v) is 13.1. The van der Waals surface area contributed by atoms with E-state index in [1.807, 2.05) is 13.8 Å². The summed E-state index contributed by atoms with van der Waals surface area (Å²) in [4.78, 5) is 0. The third-order valence-electron chi connectivity index (χ3n) is 9.29. The molecule has 4 saturated heterocycles. The van der Waals surface area contributed by atoms with E-state index in [-0.39, 0.29) is 42.2 Å². The Bertz CT molecular complexity index is 760. The molecule has 0 N–H and O–H groups in total. The van der Waals surface area contributed by atoms with Crippen LogP contribution in [0.1, 0.15) is 94.4 Å². The van der Waals surface area contributed by atoms with Crippen LogP contribution < -0.4 is 0 Å². The molecule has 4 aliphatic heterocycles. The summed E-state index contributed by atoms with van der Waals surface area (Å²) in [6.45, 7) is 25.9. The van der Waals surface area contributed by atoms with Crippen molar-refractivity contribution in [1.82, 2.24) is 0 Å². The van der Waals surface area contributed by atoms with Gasteiger partial charge in [-0.3, -0.25) is 0 Å². The van der Waals surface area contributed by atoms with Gasteiger partial charge in [0.05, 0.1) is 42.7 Å². The molecule has 0 unspecified atom stereocenters. The summed E-state index contributed by atoms with van der Waals surface area (Å²) in [5, 5.41) is 0. The standard InChI is InChI=1S/C29H52O6Si/c1-18(2)36(19(3)4,20(5)6)31-14-13-22-21(7)16-29(10)27(33-22)15-25-23(35-29)11-12-24-26(32-25)17-30-28(8,9)34-24/h18-20,22-27H,7,11-17H2,1-6,8-10H3/t22-,23+,24-,25-,26+,27+,29-/m0/s1. The van der Waals surface area contributed by atoms with Crippen LogP contribution >= 0.6 is 0 Å². The molecule has 0 saturated carbocycles. The monoisotopic (exact) mass is 524 g/mol. The summed E-state index contributed by atoms with van der Waals surface area (Å²) >= 11 is 0. The lowest BCUT2D eigenvalue weighted by Gasteiger charge is -2.52. The molecular formula is C29H52O6Si.